The van der Waals surface area contributed by atoms with E-state index in [0.717, 1.165) is 22.2 Å². The Morgan fingerprint density at radius 2 is 2.00 bits per heavy atom. The van der Waals surface area contributed by atoms with Crippen molar-refractivity contribution in [2.24, 2.45) is 0 Å². The standard InChI is InChI=1S/C21H24FN5O/c1-15-13-27(19-5-6-24-12-17(15)19)14-21(28)26-9-7-25(8-10-26)20-4-3-16(23-2)11-18(20)22/h3-6,11-13,23H,7-10,14H2,1-2H3. The molecule has 0 atom stereocenters. The zero-order chi connectivity index (χ0) is 19.7. The van der Waals surface area contributed by atoms with Crippen molar-refractivity contribution in [3.63, 3.8) is 0 Å². The fraction of sp³-hybridized carbons (Fsp3) is 0.333. The van der Waals surface area contributed by atoms with Gasteiger partial charge in [-0.1, -0.05) is 0 Å². The summed E-state index contributed by atoms with van der Waals surface area (Å²) in [7, 11) is 1.77. The van der Waals surface area contributed by atoms with E-state index < -0.39 is 0 Å². The Kier molecular flexibility index (Phi) is 4.90. The summed E-state index contributed by atoms with van der Waals surface area (Å²) >= 11 is 0. The zero-order valence-corrected chi connectivity index (χ0v) is 16.2. The van der Waals surface area contributed by atoms with Crippen LogP contribution in [0.1, 0.15) is 5.56 Å². The van der Waals surface area contributed by atoms with Crippen molar-refractivity contribution in [2.75, 3.05) is 43.4 Å². The number of aromatic nitrogens is 2. The van der Waals surface area contributed by atoms with E-state index >= 15 is 0 Å². The summed E-state index contributed by atoms with van der Waals surface area (Å²) in [6, 6.07) is 7.10. The third-order valence-electron chi connectivity index (χ3n) is 5.40. The molecular formula is C21H24FN5O. The monoisotopic (exact) mass is 381 g/mol. The van der Waals surface area contributed by atoms with Crippen molar-refractivity contribution < 1.29 is 9.18 Å². The molecule has 1 saturated heterocycles. The molecule has 3 aromatic rings. The van der Waals surface area contributed by atoms with Gasteiger partial charge < -0.3 is 19.7 Å². The van der Waals surface area contributed by atoms with E-state index in [9.17, 15) is 9.18 Å². The lowest BCUT2D eigenvalue weighted by atomic mass is 10.2. The van der Waals surface area contributed by atoms with Crippen molar-refractivity contribution in [2.45, 2.75) is 13.5 Å². The molecule has 0 saturated carbocycles. The lowest BCUT2D eigenvalue weighted by Gasteiger charge is -2.36. The van der Waals surface area contributed by atoms with Gasteiger partial charge in [-0.25, -0.2) is 4.39 Å². The lowest BCUT2D eigenvalue weighted by molar-refractivity contribution is -0.132. The van der Waals surface area contributed by atoms with Crippen molar-refractivity contribution >= 4 is 28.2 Å². The van der Waals surface area contributed by atoms with E-state index in [1.807, 2.05) is 45.8 Å². The van der Waals surface area contributed by atoms with Crippen LogP contribution >= 0.6 is 0 Å². The number of nitrogens with one attached hydrogen (secondary N) is 1. The number of halogens is 1. The second-order valence-electron chi connectivity index (χ2n) is 7.12. The van der Waals surface area contributed by atoms with Crippen molar-refractivity contribution in [3.05, 3.63) is 54.2 Å². The van der Waals surface area contributed by atoms with Crippen LogP contribution in [0.25, 0.3) is 10.9 Å². The smallest absolute Gasteiger partial charge is 0.242 e. The minimum absolute atomic E-state index is 0.0827. The predicted molar refractivity (Wildman–Crippen MR) is 109 cm³/mol. The van der Waals surface area contributed by atoms with Crippen LogP contribution in [-0.2, 0) is 11.3 Å². The molecule has 0 radical (unpaired) electrons. The normalized spacial score (nSPS) is 14.5. The number of fused-ring (bicyclic) bond motifs is 1. The maximum atomic E-state index is 14.3. The Hall–Kier alpha value is -3.09. The van der Waals surface area contributed by atoms with Gasteiger partial charge in [-0.05, 0) is 36.8 Å². The van der Waals surface area contributed by atoms with E-state index in [1.54, 1.807) is 19.3 Å². The first-order valence-corrected chi connectivity index (χ1v) is 9.46. The average molecular weight is 381 g/mol. The number of hydrogen-bond donors (Lipinski definition) is 1. The Morgan fingerprint density at radius 1 is 1.21 bits per heavy atom. The molecule has 1 amide bonds. The summed E-state index contributed by atoms with van der Waals surface area (Å²) < 4.78 is 16.3. The van der Waals surface area contributed by atoms with Crippen LogP contribution in [0.15, 0.2) is 42.9 Å². The molecule has 0 bridgehead atoms. The first-order chi connectivity index (χ1) is 13.6. The Labute approximate surface area is 163 Å². The van der Waals surface area contributed by atoms with Crippen LogP contribution < -0.4 is 10.2 Å². The number of amides is 1. The van der Waals surface area contributed by atoms with Gasteiger partial charge in [-0.3, -0.25) is 9.78 Å². The van der Waals surface area contributed by atoms with E-state index in [4.69, 9.17) is 0 Å². The summed E-state index contributed by atoms with van der Waals surface area (Å²) in [5.74, 6) is -0.158. The van der Waals surface area contributed by atoms with Crippen LogP contribution in [0, 0.1) is 12.7 Å². The summed E-state index contributed by atoms with van der Waals surface area (Å²) in [4.78, 5) is 20.8. The maximum Gasteiger partial charge on any atom is 0.242 e. The summed E-state index contributed by atoms with van der Waals surface area (Å²) in [5.41, 5.74) is 3.47. The number of nitrogens with zero attached hydrogens (tertiary/aromatic N) is 4. The largest absolute Gasteiger partial charge is 0.388 e. The highest BCUT2D eigenvalue weighted by Crippen LogP contribution is 2.24. The first-order valence-electron chi connectivity index (χ1n) is 9.46. The quantitative estimate of drug-likeness (QED) is 0.755. The first kappa shape index (κ1) is 18.3. The van der Waals surface area contributed by atoms with Gasteiger partial charge in [0, 0.05) is 62.9 Å². The SMILES string of the molecule is CNc1ccc(N2CCN(C(=O)Cn3cc(C)c4cnccc43)CC2)c(F)c1. The fourth-order valence-corrected chi connectivity index (χ4v) is 3.81. The van der Waals surface area contributed by atoms with Crippen LogP contribution in [-0.4, -0.2) is 53.6 Å². The molecule has 146 valence electrons. The second kappa shape index (κ2) is 7.50. The van der Waals surface area contributed by atoms with Gasteiger partial charge in [0.15, 0.2) is 0 Å². The van der Waals surface area contributed by atoms with E-state index in [2.05, 4.69) is 10.3 Å². The predicted octanol–water partition coefficient (Wildman–Crippen LogP) is 2.87. The molecule has 0 spiro atoms. The summed E-state index contributed by atoms with van der Waals surface area (Å²) in [5, 5.41) is 4.01. The molecule has 1 N–H and O–H groups in total. The molecule has 6 nitrogen and oxygen atoms in total. The van der Waals surface area contributed by atoms with Crippen LogP contribution in [0.4, 0.5) is 15.8 Å². The van der Waals surface area contributed by atoms with E-state index in [0.29, 0.717) is 38.4 Å². The molecule has 3 heterocycles. The molecule has 28 heavy (non-hydrogen) atoms. The summed E-state index contributed by atoms with van der Waals surface area (Å²) in [6.07, 6.45) is 5.58. The minimum atomic E-state index is -0.241. The Bertz CT molecular complexity index is 1010. The molecule has 1 aliphatic rings. The van der Waals surface area contributed by atoms with Gasteiger partial charge in [-0.2, -0.15) is 0 Å². The topological polar surface area (TPSA) is 53.4 Å². The number of hydrogen-bond acceptors (Lipinski definition) is 4. The van der Waals surface area contributed by atoms with Crippen LogP contribution in [0.3, 0.4) is 0 Å². The van der Waals surface area contributed by atoms with Crippen molar-refractivity contribution in [1.29, 1.82) is 0 Å². The maximum absolute atomic E-state index is 14.3. The minimum Gasteiger partial charge on any atom is -0.388 e. The van der Waals surface area contributed by atoms with Gasteiger partial charge in [0.25, 0.3) is 0 Å². The number of pyridine rings is 1. The Balaban J connectivity index is 1.41. The summed E-state index contributed by atoms with van der Waals surface area (Å²) in [6.45, 7) is 4.75. The highest BCUT2D eigenvalue weighted by molar-refractivity contribution is 5.85. The molecule has 1 aromatic carbocycles. The fourth-order valence-electron chi connectivity index (χ4n) is 3.81. The van der Waals surface area contributed by atoms with Gasteiger partial charge in [0.05, 0.1) is 11.2 Å². The third-order valence-corrected chi connectivity index (χ3v) is 5.40. The molecule has 4 rings (SSSR count). The van der Waals surface area contributed by atoms with Gasteiger partial charge in [0.1, 0.15) is 12.4 Å². The molecular weight excluding hydrogens is 357 g/mol. The number of carbonyl (C=O) groups is 1. The van der Waals surface area contributed by atoms with Crippen molar-refractivity contribution in [1.82, 2.24) is 14.5 Å². The third kappa shape index (κ3) is 3.40. The highest BCUT2D eigenvalue weighted by atomic mass is 19.1. The van der Waals surface area contributed by atoms with Crippen LogP contribution in [0.5, 0.6) is 0 Å². The molecule has 7 heteroatoms. The lowest BCUT2D eigenvalue weighted by Crippen LogP contribution is -2.49. The number of carbonyl (C=O) groups excluding carboxylic acids is 1. The van der Waals surface area contributed by atoms with Gasteiger partial charge in [0.2, 0.25) is 5.91 Å². The molecule has 2 aromatic heterocycles. The van der Waals surface area contributed by atoms with E-state index in [-0.39, 0.29) is 11.7 Å². The molecule has 1 fully saturated rings. The van der Waals surface area contributed by atoms with Gasteiger partial charge in [-0.15, -0.1) is 0 Å². The zero-order valence-electron chi connectivity index (χ0n) is 16.2. The van der Waals surface area contributed by atoms with Crippen molar-refractivity contribution in [3.8, 4) is 0 Å². The number of rotatable bonds is 4. The second-order valence-corrected chi connectivity index (χ2v) is 7.12. The molecule has 0 unspecified atom stereocenters. The van der Waals surface area contributed by atoms with E-state index in [1.165, 1.54) is 6.07 Å². The van der Waals surface area contributed by atoms with Crippen LogP contribution in [0.2, 0.25) is 0 Å². The highest BCUT2D eigenvalue weighted by Gasteiger charge is 2.23. The van der Waals surface area contributed by atoms with Gasteiger partial charge >= 0.3 is 0 Å². The molecule has 1 aliphatic heterocycles. The molecule has 0 aliphatic carbocycles. The Morgan fingerprint density at radius 3 is 2.71 bits per heavy atom. The number of piperazine rings is 1. The number of aryl methyl sites for hydroxylation is 1. The average Bonchev–Trinajstić information content (AvgIpc) is 3.03. The number of benzene rings is 1. The number of anilines is 2.